The molecule has 0 radical (unpaired) electrons. The predicted molar refractivity (Wildman–Crippen MR) is 36.4 cm³/mol. The van der Waals surface area contributed by atoms with Crippen molar-refractivity contribution in [1.29, 1.82) is 0 Å². The molecular weight excluding hydrogens is 152 g/mol. The zero-order valence-electron chi connectivity index (χ0n) is 5.62. The quantitative estimate of drug-likeness (QED) is 0.531. The minimum atomic E-state index is -1.44. The molecule has 1 aliphatic heterocycles. The van der Waals surface area contributed by atoms with Gasteiger partial charge in [0.1, 0.15) is 12.2 Å². The van der Waals surface area contributed by atoms with Gasteiger partial charge in [0.25, 0.3) is 0 Å². The van der Waals surface area contributed by atoms with E-state index in [1.807, 2.05) is 0 Å². The van der Waals surface area contributed by atoms with Gasteiger partial charge in [-0.25, -0.2) is 0 Å². The van der Waals surface area contributed by atoms with Gasteiger partial charge in [0.2, 0.25) is 0 Å². The molecular formula is C6H10O3S. The zero-order chi connectivity index (χ0) is 6.97. The number of hydrogen-bond donors (Lipinski definition) is 0. The predicted octanol–water partition coefficient (Wildman–Crippen LogP) is 0.923. The lowest BCUT2D eigenvalue weighted by Gasteiger charge is -2.19. The number of hydrogen-bond acceptors (Lipinski definition) is 3. The van der Waals surface area contributed by atoms with E-state index >= 15 is 0 Å². The van der Waals surface area contributed by atoms with Gasteiger partial charge < -0.3 is 0 Å². The Labute approximate surface area is 62.6 Å². The van der Waals surface area contributed by atoms with Crippen LogP contribution < -0.4 is 0 Å². The first-order valence-electron chi connectivity index (χ1n) is 3.62. The molecule has 1 saturated carbocycles. The minimum absolute atomic E-state index is 0.120. The van der Waals surface area contributed by atoms with E-state index in [0.717, 1.165) is 12.8 Å². The highest BCUT2D eigenvalue weighted by atomic mass is 32.2. The Bertz CT molecular complexity index is 143. The third-order valence-corrected chi connectivity index (χ3v) is 2.85. The van der Waals surface area contributed by atoms with Crippen LogP contribution in [-0.2, 0) is 19.7 Å². The van der Waals surface area contributed by atoms with Crippen molar-refractivity contribution in [3.05, 3.63) is 0 Å². The van der Waals surface area contributed by atoms with E-state index in [-0.39, 0.29) is 12.2 Å². The first kappa shape index (κ1) is 6.76. The van der Waals surface area contributed by atoms with Gasteiger partial charge in [0.15, 0.2) is 0 Å². The van der Waals surface area contributed by atoms with Crippen LogP contribution in [0.1, 0.15) is 25.7 Å². The Morgan fingerprint density at radius 3 is 2.10 bits per heavy atom. The van der Waals surface area contributed by atoms with Gasteiger partial charge in [0.05, 0.1) is 0 Å². The van der Waals surface area contributed by atoms with Crippen LogP contribution in [0, 0.1) is 0 Å². The van der Waals surface area contributed by atoms with E-state index in [1.54, 1.807) is 0 Å². The van der Waals surface area contributed by atoms with E-state index in [4.69, 9.17) is 8.37 Å². The molecule has 2 rings (SSSR count). The second-order valence-corrected chi connectivity index (χ2v) is 3.55. The van der Waals surface area contributed by atoms with Crippen molar-refractivity contribution < 1.29 is 12.6 Å². The first-order valence-corrected chi connectivity index (χ1v) is 4.62. The molecule has 0 aromatic rings. The molecule has 1 saturated heterocycles. The molecule has 2 fully saturated rings. The highest BCUT2D eigenvalue weighted by Gasteiger charge is 2.36. The summed E-state index contributed by atoms with van der Waals surface area (Å²) in [6.45, 7) is 0. The second-order valence-electron chi connectivity index (χ2n) is 2.76. The molecule has 0 N–H and O–H groups in total. The molecule has 4 heteroatoms. The topological polar surface area (TPSA) is 35.5 Å². The van der Waals surface area contributed by atoms with Crippen LogP contribution in [0.2, 0.25) is 0 Å². The van der Waals surface area contributed by atoms with E-state index in [2.05, 4.69) is 0 Å². The monoisotopic (exact) mass is 162 g/mol. The lowest BCUT2D eigenvalue weighted by Crippen LogP contribution is -2.25. The summed E-state index contributed by atoms with van der Waals surface area (Å²) < 4.78 is 20.7. The van der Waals surface area contributed by atoms with Crippen LogP contribution in [0.4, 0.5) is 0 Å². The van der Waals surface area contributed by atoms with Crippen LogP contribution in [0.3, 0.4) is 0 Å². The van der Waals surface area contributed by atoms with Crippen molar-refractivity contribution in [1.82, 2.24) is 0 Å². The molecule has 2 aliphatic rings. The van der Waals surface area contributed by atoms with E-state index in [0.29, 0.717) is 0 Å². The molecule has 10 heavy (non-hydrogen) atoms. The van der Waals surface area contributed by atoms with Crippen molar-refractivity contribution >= 4 is 11.4 Å². The first-order chi connectivity index (χ1) is 4.86. The minimum Gasteiger partial charge on any atom is -0.262 e. The molecule has 2 unspecified atom stereocenters. The summed E-state index contributed by atoms with van der Waals surface area (Å²) in [6, 6.07) is 0. The van der Waals surface area contributed by atoms with Crippen molar-refractivity contribution in [2.75, 3.05) is 0 Å². The number of rotatable bonds is 0. The standard InChI is InChI=1S/C6H10O3S/c7-10-8-5-3-1-2-4-6(5)9-10/h5-6H,1-4H2/t5-,6?,10?/m0/s1. The Morgan fingerprint density at radius 1 is 1.10 bits per heavy atom. The molecule has 3 nitrogen and oxygen atoms in total. The molecule has 0 aromatic heterocycles. The lowest BCUT2D eigenvalue weighted by atomic mass is 9.95. The summed E-state index contributed by atoms with van der Waals surface area (Å²) in [4.78, 5) is 0. The fourth-order valence-corrected chi connectivity index (χ4v) is 2.40. The fourth-order valence-electron chi connectivity index (χ4n) is 1.51. The maximum Gasteiger partial charge on any atom is 0.305 e. The van der Waals surface area contributed by atoms with E-state index < -0.39 is 11.4 Å². The second kappa shape index (κ2) is 2.60. The highest BCUT2D eigenvalue weighted by Crippen LogP contribution is 2.30. The average Bonchev–Trinajstić information content (AvgIpc) is 2.27. The largest absolute Gasteiger partial charge is 0.305 e. The summed E-state index contributed by atoms with van der Waals surface area (Å²) in [5, 5.41) is 0. The van der Waals surface area contributed by atoms with Gasteiger partial charge >= 0.3 is 11.4 Å². The van der Waals surface area contributed by atoms with E-state index in [1.165, 1.54) is 12.8 Å². The van der Waals surface area contributed by atoms with Gasteiger partial charge in [-0.3, -0.25) is 8.37 Å². The van der Waals surface area contributed by atoms with Gasteiger partial charge in [-0.2, -0.15) is 4.21 Å². The molecule has 58 valence electrons. The third-order valence-electron chi connectivity index (χ3n) is 2.05. The van der Waals surface area contributed by atoms with Crippen molar-refractivity contribution in [2.45, 2.75) is 37.9 Å². The molecule has 3 atom stereocenters. The summed E-state index contributed by atoms with van der Waals surface area (Å²) in [5.41, 5.74) is 0. The van der Waals surface area contributed by atoms with Gasteiger partial charge in [-0.05, 0) is 12.8 Å². The van der Waals surface area contributed by atoms with Crippen LogP contribution in [0.5, 0.6) is 0 Å². The van der Waals surface area contributed by atoms with Crippen molar-refractivity contribution in [2.24, 2.45) is 0 Å². The SMILES string of the molecule is O=S1OC2CCCC[C@@H]2O1. The summed E-state index contributed by atoms with van der Waals surface area (Å²) >= 11 is -1.44. The summed E-state index contributed by atoms with van der Waals surface area (Å²) in [7, 11) is 0. The normalized spacial score (nSPS) is 47.0. The molecule has 0 bridgehead atoms. The Morgan fingerprint density at radius 2 is 1.60 bits per heavy atom. The summed E-state index contributed by atoms with van der Waals surface area (Å²) in [5.74, 6) is 0. The average molecular weight is 162 g/mol. The van der Waals surface area contributed by atoms with Gasteiger partial charge in [0, 0.05) is 0 Å². The zero-order valence-corrected chi connectivity index (χ0v) is 6.43. The van der Waals surface area contributed by atoms with Crippen LogP contribution in [0.15, 0.2) is 0 Å². The molecule has 1 heterocycles. The Hall–Kier alpha value is 0.0700. The third kappa shape index (κ3) is 1.11. The van der Waals surface area contributed by atoms with Crippen LogP contribution >= 0.6 is 0 Å². The Balaban J connectivity index is 2.04. The number of fused-ring (bicyclic) bond motifs is 1. The molecule has 1 aliphatic carbocycles. The lowest BCUT2D eigenvalue weighted by molar-refractivity contribution is 0.110. The van der Waals surface area contributed by atoms with Crippen LogP contribution in [-0.4, -0.2) is 16.4 Å². The highest BCUT2D eigenvalue weighted by molar-refractivity contribution is 7.75. The fraction of sp³-hybridized carbons (Fsp3) is 1.00. The smallest absolute Gasteiger partial charge is 0.262 e. The maximum atomic E-state index is 10.7. The Kier molecular flexibility index (Phi) is 1.76. The van der Waals surface area contributed by atoms with Gasteiger partial charge in [-0.15, -0.1) is 0 Å². The summed E-state index contributed by atoms with van der Waals surface area (Å²) in [6.07, 6.45) is 4.63. The van der Waals surface area contributed by atoms with Crippen molar-refractivity contribution in [3.8, 4) is 0 Å². The van der Waals surface area contributed by atoms with Crippen molar-refractivity contribution in [3.63, 3.8) is 0 Å². The molecule has 0 amide bonds. The molecule has 0 spiro atoms. The maximum absolute atomic E-state index is 10.7. The van der Waals surface area contributed by atoms with Gasteiger partial charge in [-0.1, -0.05) is 12.8 Å². The molecule has 0 aromatic carbocycles. The van der Waals surface area contributed by atoms with E-state index in [9.17, 15) is 4.21 Å². The van der Waals surface area contributed by atoms with Crippen LogP contribution in [0.25, 0.3) is 0 Å².